The van der Waals surface area contributed by atoms with Crippen LogP contribution < -0.4 is 16.2 Å². The zero-order valence-corrected chi connectivity index (χ0v) is 12.6. The molecule has 4 heteroatoms. The van der Waals surface area contributed by atoms with Gasteiger partial charge in [0.1, 0.15) is 12.9 Å². The molecule has 0 spiro atoms. The quantitative estimate of drug-likeness (QED) is 0.805. The summed E-state index contributed by atoms with van der Waals surface area (Å²) in [5.41, 5.74) is 7.86. The molecular formula is C19H17N3O. The third kappa shape index (κ3) is 3.95. The van der Waals surface area contributed by atoms with Crippen molar-refractivity contribution in [1.29, 1.82) is 0 Å². The van der Waals surface area contributed by atoms with Crippen molar-refractivity contribution in [1.82, 2.24) is 0 Å². The van der Waals surface area contributed by atoms with E-state index in [0.717, 1.165) is 21.6 Å². The maximum atomic E-state index is 5.81. The van der Waals surface area contributed by atoms with E-state index in [1.807, 2.05) is 67.0 Å². The number of aliphatic imine (C=N–C) groups is 2. The van der Waals surface area contributed by atoms with Gasteiger partial charge in [-0.1, -0.05) is 48.5 Å². The van der Waals surface area contributed by atoms with Crippen molar-refractivity contribution in [3.63, 3.8) is 0 Å². The van der Waals surface area contributed by atoms with Crippen molar-refractivity contribution >= 4 is 24.7 Å². The highest BCUT2D eigenvalue weighted by Crippen LogP contribution is 2.08. The second-order valence-corrected chi connectivity index (χ2v) is 5.03. The number of benzene rings is 2. The molecule has 1 heterocycles. The van der Waals surface area contributed by atoms with Gasteiger partial charge in [-0.3, -0.25) is 4.99 Å². The lowest BCUT2D eigenvalue weighted by Gasteiger charge is -2.05. The second-order valence-electron chi connectivity index (χ2n) is 5.03. The summed E-state index contributed by atoms with van der Waals surface area (Å²) in [5.74, 6) is 0.325. The summed E-state index contributed by atoms with van der Waals surface area (Å²) in [6, 6.07) is 15.9. The minimum atomic E-state index is 0.325. The number of hydrogen-bond acceptors (Lipinski definition) is 4. The van der Waals surface area contributed by atoms with Crippen molar-refractivity contribution < 1.29 is 4.74 Å². The van der Waals surface area contributed by atoms with Gasteiger partial charge in [-0.25, -0.2) is 4.99 Å². The number of fused-ring (bicyclic) bond motifs is 2. The van der Waals surface area contributed by atoms with E-state index in [9.17, 15) is 0 Å². The van der Waals surface area contributed by atoms with Crippen molar-refractivity contribution in [2.24, 2.45) is 15.7 Å². The fourth-order valence-corrected chi connectivity index (χ4v) is 2.22. The topological polar surface area (TPSA) is 60.0 Å². The van der Waals surface area contributed by atoms with Gasteiger partial charge in [0.15, 0.2) is 5.82 Å². The van der Waals surface area contributed by atoms with E-state index in [4.69, 9.17) is 10.5 Å². The molecule has 2 aromatic rings. The molecule has 23 heavy (non-hydrogen) atoms. The van der Waals surface area contributed by atoms with Crippen molar-refractivity contribution in [2.45, 2.75) is 6.61 Å². The van der Waals surface area contributed by atoms with Gasteiger partial charge < -0.3 is 10.5 Å². The fourth-order valence-electron chi connectivity index (χ4n) is 2.22. The van der Waals surface area contributed by atoms with Gasteiger partial charge in [0.05, 0.1) is 0 Å². The molecule has 114 valence electrons. The molecule has 0 saturated carbocycles. The molecule has 0 fully saturated rings. The maximum absolute atomic E-state index is 5.81. The predicted octanol–water partition coefficient (Wildman–Crippen LogP) is 1.68. The highest BCUT2D eigenvalue weighted by atomic mass is 16.5. The van der Waals surface area contributed by atoms with Crippen LogP contribution in [0.4, 0.5) is 0 Å². The molecule has 0 radical (unpaired) electrons. The SMILES string of the molecule is NC1=C/OCc2ccccc2C=N/C=c2/cccc/c2=C/C=N\1. The molecule has 0 bridgehead atoms. The minimum absolute atomic E-state index is 0.325. The van der Waals surface area contributed by atoms with Crippen LogP contribution in [0.5, 0.6) is 0 Å². The molecule has 0 unspecified atom stereocenters. The van der Waals surface area contributed by atoms with E-state index in [1.165, 1.54) is 6.26 Å². The lowest BCUT2D eigenvalue weighted by molar-refractivity contribution is 0.233. The average Bonchev–Trinajstić information content (AvgIpc) is 2.57. The van der Waals surface area contributed by atoms with E-state index in [0.29, 0.717) is 12.4 Å². The van der Waals surface area contributed by atoms with Crippen molar-refractivity contribution in [2.75, 3.05) is 0 Å². The third-order valence-electron chi connectivity index (χ3n) is 3.40. The standard InChI is InChI=1S/C19H17N3O/c20-19-14-23-13-18-8-4-3-7-17(18)12-21-11-16-6-2-1-5-15(16)9-10-22-19/h1-12,14H,13,20H2/b15-9-,16-11-,19-14-,21-12?,22-10-. The molecular weight excluding hydrogens is 286 g/mol. The minimum Gasteiger partial charge on any atom is -0.493 e. The van der Waals surface area contributed by atoms with Crippen LogP contribution in [0, 0.1) is 0 Å². The molecule has 0 amide bonds. The summed E-state index contributed by atoms with van der Waals surface area (Å²) in [7, 11) is 0. The Kier molecular flexibility index (Phi) is 4.64. The molecule has 1 aliphatic rings. The fraction of sp³-hybridized carbons (Fsp3) is 0.0526. The molecule has 4 nitrogen and oxygen atoms in total. The van der Waals surface area contributed by atoms with Crippen LogP contribution >= 0.6 is 0 Å². The molecule has 2 aromatic carbocycles. The first-order valence-corrected chi connectivity index (χ1v) is 7.31. The van der Waals surface area contributed by atoms with Crippen LogP contribution in [0.3, 0.4) is 0 Å². The van der Waals surface area contributed by atoms with Gasteiger partial charge in [-0.05, 0) is 27.6 Å². The molecule has 3 rings (SSSR count). The molecule has 0 aromatic heterocycles. The Bertz CT molecular complexity index is 895. The van der Waals surface area contributed by atoms with Crippen LogP contribution in [0.2, 0.25) is 0 Å². The highest BCUT2D eigenvalue weighted by Gasteiger charge is 1.99. The number of nitrogens with zero attached hydrogens (tertiary/aromatic N) is 2. The first kappa shape index (κ1) is 14.8. The van der Waals surface area contributed by atoms with Crippen molar-refractivity contribution in [3.8, 4) is 0 Å². The van der Waals surface area contributed by atoms with Gasteiger partial charge in [0.25, 0.3) is 0 Å². The summed E-state index contributed by atoms with van der Waals surface area (Å²) < 4.78 is 5.50. The zero-order valence-electron chi connectivity index (χ0n) is 12.6. The Morgan fingerprint density at radius 1 is 0.957 bits per heavy atom. The predicted molar refractivity (Wildman–Crippen MR) is 94.2 cm³/mol. The molecule has 0 aliphatic carbocycles. The Hall–Kier alpha value is -3.14. The smallest absolute Gasteiger partial charge is 0.158 e. The van der Waals surface area contributed by atoms with E-state index in [2.05, 4.69) is 9.98 Å². The van der Waals surface area contributed by atoms with E-state index >= 15 is 0 Å². The Morgan fingerprint density at radius 3 is 2.65 bits per heavy atom. The normalized spacial score (nSPS) is 20.8. The third-order valence-corrected chi connectivity index (χ3v) is 3.40. The van der Waals surface area contributed by atoms with Crippen molar-refractivity contribution in [3.05, 3.63) is 82.2 Å². The summed E-state index contributed by atoms with van der Waals surface area (Å²) >= 11 is 0. The summed E-state index contributed by atoms with van der Waals surface area (Å²) in [4.78, 5) is 8.59. The molecule has 0 saturated heterocycles. The van der Waals surface area contributed by atoms with Gasteiger partial charge in [-0.2, -0.15) is 0 Å². The maximum Gasteiger partial charge on any atom is 0.158 e. The zero-order chi connectivity index (χ0) is 15.9. The van der Waals surface area contributed by atoms with Gasteiger partial charge >= 0.3 is 0 Å². The highest BCUT2D eigenvalue weighted by molar-refractivity contribution is 5.91. The Balaban J connectivity index is 2.12. The first-order valence-electron chi connectivity index (χ1n) is 7.31. The number of nitrogens with two attached hydrogens (primary N) is 1. The van der Waals surface area contributed by atoms with Crippen LogP contribution in [0.15, 0.2) is 70.6 Å². The number of ether oxygens (including phenoxy) is 1. The van der Waals surface area contributed by atoms with E-state index in [-0.39, 0.29) is 0 Å². The van der Waals surface area contributed by atoms with E-state index < -0.39 is 0 Å². The number of rotatable bonds is 0. The van der Waals surface area contributed by atoms with Gasteiger partial charge in [0, 0.05) is 18.6 Å². The molecule has 0 atom stereocenters. The monoisotopic (exact) mass is 303 g/mol. The van der Waals surface area contributed by atoms with Gasteiger partial charge in [0.2, 0.25) is 0 Å². The van der Waals surface area contributed by atoms with Crippen LogP contribution in [-0.2, 0) is 11.3 Å². The Labute approximate surface area is 134 Å². The molecule has 2 N–H and O–H groups in total. The van der Waals surface area contributed by atoms with Gasteiger partial charge in [-0.15, -0.1) is 0 Å². The number of hydrogen-bond donors (Lipinski definition) is 1. The average molecular weight is 303 g/mol. The second kappa shape index (κ2) is 7.22. The first-order chi connectivity index (χ1) is 11.3. The Morgan fingerprint density at radius 2 is 1.74 bits per heavy atom. The lowest BCUT2D eigenvalue weighted by atomic mass is 10.1. The summed E-state index contributed by atoms with van der Waals surface area (Å²) in [6.45, 7) is 0.415. The largest absolute Gasteiger partial charge is 0.493 e. The summed E-state index contributed by atoms with van der Waals surface area (Å²) in [6.07, 6.45) is 8.68. The lowest BCUT2D eigenvalue weighted by Crippen LogP contribution is -2.23. The van der Waals surface area contributed by atoms with Crippen LogP contribution in [-0.4, -0.2) is 12.4 Å². The summed E-state index contributed by atoms with van der Waals surface area (Å²) in [5, 5.41) is 2.04. The van der Waals surface area contributed by atoms with Crippen LogP contribution in [0.1, 0.15) is 11.1 Å². The van der Waals surface area contributed by atoms with E-state index in [1.54, 1.807) is 6.21 Å². The molecule has 1 aliphatic heterocycles. The van der Waals surface area contributed by atoms with Crippen LogP contribution in [0.25, 0.3) is 12.3 Å².